The van der Waals surface area contributed by atoms with E-state index in [9.17, 15) is 9.59 Å². The molecule has 142 valence electrons. The predicted molar refractivity (Wildman–Crippen MR) is 110 cm³/mol. The number of amides is 2. The standard InChI is InChI=1S/C22H27N3O2/c1-4-8-20(18-9-6-5-7-10-18)24-25-22(27)14-13-21(26)23-19-12-11-16(2)17(3)15-19/h5-7,9-12,15H,4,8,13-14H2,1-3H3,(H,23,26)(H,25,27)/b24-20+. The highest BCUT2D eigenvalue weighted by molar-refractivity contribution is 6.01. The summed E-state index contributed by atoms with van der Waals surface area (Å²) in [4.78, 5) is 24.1. The summed E-state index contributed by atoms with van der Waals surface area (Å²) in [5.41, 5.74) is 7.44. The molecule has 2 aromatic carbocycles. The van der Waals surface area contributed by atoms with Gasteiger partial charge in [0.25, 0.3) is 0 Å². The van der Waals surface area contributed by atoms with Crippen LogP contribution >= 0.6 is 0 Å². The molecule has 0 atom stereocenters. The van der Waals surface area contributed by atoms with E-state index in [0.717, 1.165) is 35.4 Å². The summed E-state index contributed by atoms with van der Waals surface area (Å²) in [6, 6.07) is 15.5. The van der Waals surface area contributed by atoms with Crippen LogP contribution in [0.1, 0.15) is 49.3 Å². The lowest BCUT2D eigenvalue weighted by atomic mass is 10.1. The smallest absolute Gasteiger partial charge is 0.240 e. The predicted octanol–water partition coefficient (Wildman–Crippen LogP) is 4.34. The quantitative estimate of drug-likeness (QED) is 0.539. The summed E-state index contributed by atoms with van der Waals surface area (Å²) in [7, 11) is 0. The van der Waals surface area contributed by atoms with Crippen molar-refractivity contribution in [2.75, 3.05) is 5.32 Å². The van der Waals surface area contributed by atoms with Gasteiger partial charge in [-0.1, -0.05) is 49.7 Å². The number of carbonyl (C=O) groups excluding carboxylic acids is 2. The number of anilines is 1. The molecule has 2 amide bonds. The second-order valence-electron chi connectivity index (χ2n) is 6.56. The number of hydrazone groups is 1. The molecule has 0 fully saturated rings. The Labute approximate surface area is 160 Å². The van der Waals surface area contributed by atoms with Crippen LogP contribution in [0.25, 0.3) is 0 Å². The SMILES string of the molecule is CCC/C(=N\NC(=O)CCC(=O)Nc1ccc(C)c(C)c1)c1ccccc1. The Hall–Kier alpha value is -2.95. The lowest BCUT2D eigenvalue weighted by Crippen LogP contribution is -2.22. The van der Waals surface area contributed by atoms with Crippen LogP contribution in [0.15, 0.2) is 53.6 Å². The Morgan fingerprint density at radius 1 is 0.889 bits per heavy atom. The molecule has 0 spiro atoms. The first kappa shape index (κ1) is 20.4. The van der Waals surface area contributed by atoms with E-state index in [1.54, 1.807) is 0 Å². The number of nitrogens with zero attached hydrogens (tertiary/aromatic N) is 1. The van der Waals surface area contributed by atoms with E-state index in [2.05, 4.69) is 22.8 Å². The topological polar surface area (TPSA) is 70.6 Å². The summed E-state index contributed by atoms with van der Waals surface area (Å²) >= 11 is 0. The average Bonchev–Trinajstić information content (AvgIpc) is 2.67. The van der Waals surface area contributed by atoms with Gasteiger partial charge in [0.05, 0.1) is 5.71 Å². The summed E-state index contributed by atoms with van der Waals surface area (Å²) < 4.78 is 0. The van der Waals surface area contributed by atoms with Crippen LogP contribution in [-0.2, 0) is 9.59 Å². The van der Waals surface area contributed by atoms with Crippen LogP contribution < -0.4 is 10.7 Å². The Morgan fingerprint density at radius 3 is 2.26 bits per heavy atom. The summed E-state index contributed by atoms with van der Waals surface area (Å²) in [5, 5.41) is 7.07. The maximum Gasteiger partial charge on any atom is 0.240 e. The van der Waals surface area contributed by atoms with Gasteiger partial charge in [0.15, 0.2) is 0 Å². The Balaban J connectivity index is 1.85. The normalized spacial score (nSPS) is 11.1. The van der Waals surface area contributed by atoms with Crippen molar-refractivity contribution >= 4 is 23.2 Å². The molecule has 2 N–H and O–H groups in total. The summed E-state index contributed by atoms with van der Waals surface area (Å²) in [6.45, 7) is 6.09. The maximum atomic E-state index is 12.0. The van der Waals surface area contributed by atoms with Crippen molar-refractivity contribution in [1.29, 1.82) is 0 Å². The van der Waals surface area contributed by atoms with Crippen LogP contribution in [0.3, 0.4) is 0 Å². The van der Waals surface area contributed by atoms with Crippen molar-refractivity contribution in [3.8, 4) is 0 Å². The van der Waals surface area contributed by atoms with E-state index < -0.39 is 0 Å². The first-order valence-corrected chi connectivity index (χ1v) is 9.27. The number of carbonyl (C=O) groups is 2. The molecule has 2 aromatic rings. The zero-order valence-electron chi connectivity index (χ0n) is 16.2. The Morgan fingerprint density at radius 2 is 1.59 bits per heavy atom. The van der Waals surface area contributed by atoms with E-state index in [4.69, 9.17) is 0 Å². The van der Waals surface area contributed by atoms with Crippen LogP contribution in [-0.4, -0.2) is 17.5 Å². The second-order valence-corrected chi connectivity index (χ2v) is 6.56. The summed E-state index contributed by atoms with van der Waals surface area (Å²) in [6.07, 6.45) is 1.91. The number of rotatable bonds is 8. The second kappa shape index (κ2) is 10.3. The lowest BCUT2D eigenvalue weighted by Gasteiger charge is -2.08. The summed E-state index contributed by atoms with van der Waals surface area (Å²) in [5.74, 6) is -0.455. The Bertz CT molecular complexity index is 814. The Kier molecular flexibility index (Phi) is 7.74. The molecule has 0 radical (unpaired) electrons. The highest BCUT2D eigenvalue weighted by Gasteiger charge is 2.08. The van der Waals surface area contributed by atoms with Gasteiger partial charge in [0.2, 0.25) is 11.8 Å². The van der Waals surface area contributed by atoms with Crippen LogP contribution in [0, 0.1) is 13.8 Å². The minimum absolute atomic E-state index is 0.0916. The van der Waals surface area contributed by atoms with Crippen molar-refractivity contribution in [3.05, 3.63) is 65.2 Å². The zero-order chi connectivity index (χ0) is 19.6. The van der Waals surface area contributed by atoms with E-state index in [1.807, 2.05) is 62.4 Å². The van der Waals surface area contributed by atoms with Crippen molar-refractivity contribution in [2.24, 2.45) is 5.10 Å². The molecule has 0 unspecified atom stereocenters. The molecule has 0 bridgehead atoms. The van der Waals surface area contributed by atoms with Crippen LogP contribution in [0.5, 0.6) is 0 Å². The lowest BCUT2D eigenvalue weighted by molar-refractivity contribution is -0.124. The molecular formula is C22H27N3O2. The van der Waals surface area contributed by atoms with Gasteiger partial charge in [-0.3, -0.25) is 9.59 Å². The molecule has 0 saturated carbocycles. The van der Waals surface area contributed by atoms with Gasteiger partial charge >= 0.3 is 0 Å². The van der Waals surface area contributed by atoms with Gasteiger partial charge in [0.1, 0.15) is 0 Å². The van der Waals surface area contributed by atoms with Gasteiger partial charge in [0, 0.05) is 18.5 Å². The molecule has 0 aromatic heterocycles. The minimum atomic E-state index is -0.269. The fraction of sp³-hybridized carbons (Fsp3) is 0.318. The average molecular weight is 365 g/mol. The first-order valence-electron chi connectivity index (χ1n) is 9.27. The molecule has 5 nitrogen and oxygen atoms in total. The molecule has 0 aliphatic carbocycles. The molecule has 0 saturated heterocycles. The fourth-order valence-electron chi connectivity index (χ4n) is 2.59. The van der Waals surface area contributed by atoms with Crippen molar-refractivity contribution < 1.29 is 9.59 Å². The van der Waals surface area contributed by atoms with E-state index in [0.29, 0.717) is 0 Å². The third kappa shape index (κ3) is 6.70. The third-order valence-corrected chi connectivity index (χ3v) is 4.28. The third-order valence-electron chi connectivity index (χ3n) is 4.28. The van der Waals surface area contributed by atoms with E-state index in [-0.39, 0.29) is 24.7 Å². The van der Waals surface area contributed by atoms with Gasteiger partial charge in [-0.05, 0) is 49.1 Å². The fourth-order valence-corrected chi connectivity index (χ4v) is 2.59. The number of benzene rings is 2. The van der Waals surface area contributed by atoms with Crippen molar-refractivity contribution in [2.45, 2.75) is 46.5 Å². The first-order chi connectivity index (χ1) is 13.0. The molecule has 27 heavy (non-hydrogen) atoms. The van der Waals surface area contributed by atoms with Gasteiger partial charge in [-0.15, -0.1) is 0 Å². The molecule has 2 rings (SSSR count). The van der Waals surface area contributed by atoms with Gasteiger partial charge in [-0.25, -0.2) is 5.43 Å². The zero-order valence-corrected chi connectivity index (χ0v) is 16.2. The molecule has 5 heteroatoms. The van der Waals surface area contributed by atoms with Gasteiger partial charge < -0.3 is 5.32 Å². The monoisotopic (exact) mass is 365 g/mol. The molecule has 0 aliphatic heterocycles. The number of aryl methyl sites for hydroxylation is 2. The molecule has 0 heterocycles. The minimum Gasteiger partial charge on any atom is -0.326 e. The van der Waals surface area contributed by atoms with E-state index >= 15 is 0 Å². The van der Waals surface area contributed by atoms with Crippen LogP contribution in [0.2, 0.25) is 0 Å². The molecular weight excluding hydrogens is 338 g/mol. The van der Waals surface area contributed by atoms with E-state index in [1.165, 1.54) is 5.56 Å². The maximum absolute atomic E-state index is 12.0. The number of hydrogen-bond acceptors (Lipinski definition) is 3. The van der Waals surface area contributed by atoms with Gasteiger partial charge in [-0.2, -0.15) is 5.10 Å². The highest BCUT2D eigenvalue weighted by atomic mass is 16.2. The van der Waals surface area contributed by atoms with Crippen molar-refractivity contribution in [3.63, 3.8) is 0 Å². The molecule has 0 aliphatic rings. The number of hydrogen-bond donors (Lipinski definition) is 2. The van der Waals surface area contributed by atoms with Crippen molar-refractivity contribution in [1.82, 2.24) is 5.43 Å². The highest BCUT2D eigenvalue weighted by Crippen LogP contribution is 2.14. The largest absolute Gasteiger partial charge is 0.326 e. The number of nitrogens with one attached hydrogen (secondary N) is 2. The van der Waals surface area contributed by atoms with Crippen LogP contribution in [0.4, 0.5) is 5.69 Å².